The van der Waals surface area contributed by atoms with Gasteiger partial charge in [-0.3, -0.25) is 9.59 Å². The fourth-order valence-electron chi connectivity index (χ4n) is 5.08. The standard InChI is InChI=1S/C33H32N8O2/c1-41(2)17-7-14-30(42)37-26-15-16-29(35-21-26)32(43)38-24-10-6-11-25(18-24)39-33-36-20-23(19-34)31(40-33)28-13-5-9-22-8-3-4-12-27(22)28/h3-4,7-8,12-16,20-21,24-25H,6,10-11,17-18H2,1-2H3,(H,37,42)(H,38,43)(H,36,39,40)/b14-7+/t24-,25+/m0/s1. The normalized spacial score (nSPS) is 16.4. The molecule has 1 aliphatic rings. The van der Waals surface area contributed by atoms with Gasteiger partial charge in [-0.15, -0.1) is 0 Å². The van der Waals surface area contributed by atoms with Gasteiger partial charge in [0.2, 0.25) is 11.9 Å². The molecule has 1 aliphatic carbocycles. The molecule has 2 aromatic carbocycles. The molecule has 10 heteroatoms. The molecule has 0 spiro atoms. The van der Waals surface area contributed by atoms with Crippen molar-refractivity contribution in [1.82, 2.24) is 25.2 Å². The monoisotopic (exact) mass is 572 g/mol. The molecule has 4 aromatic rings. The number of hydrogen-bond donors (Lipinski definition) is 3. The van der Waals surface area contributed by atoms with E-state index in [1.807, 2.05) is 43.3 Å². The average Bonchev–Trinajstić information content (AvgIpc) is 3.01. The highest BCUT2D eigenvalue weighted by Gasteiger charge is 2.25. The summed E-state index contributed by atoms with van der Waals surface area (Å²) in [5.41, 5.74) is 2.50. The van der Waals surface area contributed by atoms with E-state index in [4.69, 9.17) is 4.98 Å². The van der Waals surface area contributed by atoms with E-state index < -0.39 is 0 Å². The number of carbonyl (C=O) groups is 2. The van der Waals surface area contributed by atoms with Crippen LogP contribution in [0.3, 0.4) is 0 Å². The quantitative estimate of drug-likeness (QED) is 0.252. The van der Waals surface area contributed by atoms with Crippen molar-refractivity contribution in [1.29, 1.82) is 5.26 Å². The molecule has 2 atom stereocenters. The lowest BCUT2D eigenvalue weighted by Gasteiger charge is -2.30. The van der Waals surface area contributed by atoms with Crippen LogP contribution in [0.15, 0.2) is 67.0 Å². The molecule has 3 N–H and O–H groups in total. The van der Waals surface area contributed by atoms with Gasteiger partial charge in [-0.2, -0.15) is 5.26 Å². The second-order valence-electron chi connectivity index (χ2n) is 10.7. The van der Waals surface area contributed by atoms with Gasteiger partial charge in [0.25, 0.3) is 5.91 Å². The van der Waals surface area contributed by atoms with Crippen LogP contribution in [0, 0.1) is 23.5 Å². The summed E-state index contributed by atoms with van der Waals surface area (Å²) in [5, 5.41) is 20.8. The van der Waals surface area contributed by atoms with Gasteiger partial charge >= 0.3 is 0 Å². The van der Waals surface area contributed by atoms with Gasteiger partial charge in [0, 0.05) is 41.0 Å². The zero-order valence-corrected chi connectivity index (χ0v) is 24.1. The number of benzene rings is 1. The van der Waals surface area contributed by atoms with Crippen LogP contribution >= 0.6 is 0 Å². The highest BCUT2D eigenvalue weighted by atomic mass is 16.2. The van der Waals surface area contributed by atoms with Crippen molar-refractivity contribution in [2.24, 2.45) is 0 Å². The highest BCUT2D eigenvalue weighted by molar-refractivity contribution is 5.99. The summed E-state index contributed by atoms with van der Waals surface area (Å²) in [5.74, 6) is -0.0944. The molecule has 1 saturated carbocycles. The third kappa shape index (κ3) is 7.50. The Kier molecular flexibility index (Phi) is 9.20. The molecule has 2 aromatic heterocycles. The first kappa shape index (κ1) is 29.2. The Balaban J connectivity index is 1.21. The predicted octanol–water partition coefficient (Wildman–Crippen LogP) is 4.37. The number of nitriles is 1. The van der Waals surface area contributed by atoms with Gasteiger partial charge in [0.1, 0.15) is 11.8 Å². The van der Waals surface area contributed by atoms with Crippen LogP contribution < -0.4 is 16.0 Å². The van der Waals surface area contributed by atoms with Crippen molar-refractivity contribution in [2.45, 2.75) is 37.8 Å². The van der Waals surface area contributed by atoms with E-state index >= 15 is 0 Å². The molecule has 43 heavy (non-hydrogen) atoms. The van der Waals surface area contributed by atoms with Gasteiger partial charge in [-0.1, -0.05) is 36.4 Å². The number of likely N-dealkylation sites (N-methyl/N-ethyl adjacent to an activating group) is 1. The van der Waals surface area contributed by atoms with Crippen molar-refractivity contribution < 1.29 is 9.59 Å². The Morgan fingerprint density at radius 1 is 1.12 bits per heavy atom. The predicted molar refractivity (Wildman–Crippen MR) is 165 cm³/mol. The molecule has 2 heterocycles. The summed E-state index contributed by atoms with van der Waals surface area (Å²) in [7, 11) is 3.84. The summed E-state index contributed by atoms with van der Waals surface area (Å²) >= 11 is 0. The van der Waals surface area contributed by atoms with Crippen molar-refractivity contribution >= 4 is 34.2 Å². The highest BCUT2D eigenvalue weighted by Crippen LogP contribution is 2.29. The molecule has 10 nitrogen and oxygen atoms in total. The number of nitrogens with one attached hydrogen (secondary N) is 3. The van der Waals surface area contributed by atoms with Crippen LogP contribution in [0.25, 0.3) is 22.0 Å². The summed E-state index contributed by atoms with van der Waals surface area (Å²) in [4.78, 5) is 40.3. The number of pyridine rings is 1. The van der Waals surface area contributed by atoms with Crippen molar-refractivity contribution in [3.8, 4) is 17.3 Å². The third-order valence-electron chi connectivity index (χ3n) is 7.15. The molecule has 5 rings (SSSR count). The van der Waals surface area contributed by atoms with Crippen LogP contribution in [0.1, 0.15) is 41.7 Å². The summed E-state index contributed by atoms with van der Waals surface area (Å²) in [6.07, 6.45) is 9.61. The van der Waals surface area contributed by atoms with Crippen molar-refractivity contribution in [3.63, 3.8) is 0 Å². The van der Waals surface area contributed by atoms with Gasteiger partial charge < -0.3 is 20.9 Å². The maximum absolute atomic E-state index is 12.9. The first-order valence-corrected chi connectivity index (χ1v) is 14.1. The van der Waals surface area contributed by atoms with Gasteiger partial charge in [-0.25, -0.2) is 15.0 Å². The third-order valence-corrected chi connectivity index (χ3v) is 7.15. The molecule has 0 saturated heterocycles. The summed E-state index contributed by atoms with van der Waals surface area (Å²) < 4.78 is 0. The first-order valence-electron chi connectivity index (χ1n) is 14.1. The molecule has 216 valence electrons. The minimum Gasteiger partial charge on any atom is -0.351 e. The smallest absolute Gasteiger partial charge is 0.270 e. The van der Waals surface area contributed by atoms with Gasteiger partial charge in [-0.05, 0) is 64.0 Å². The minimum atomic E-state index is -0.268. The number of nitrogens with zero attached hydrogens (tertiary/aromatic N) is 5. The summed E-state index contributed by atoms with van der Waals surface area (Å²) in [6.45, 7) is 0.660. The van der Waals surface area contributed by atoms with E-state index in [0.29, 0.717) is 35.9 Å². The van der Waals surface area contributed by atoms with Gasteiger partial charge in [0.05, 0.1) is 29.3 Å². The molecule has 0 bridgehead atoms. The van der Waals surface area contributed by atoms with E-state index in [2.05, 4.69) is 44.1 Å². The number of carbonyl (C=O) groups excluding carboxylic acids is 2. The molecule has 2 amide bonds. The topological polar surface area (TPSA) is 136 Å². The van der Waals surface area contributed by atoms with Crippen LogP contribution in [-0.2, 0) is 4.79 Å². The van der Waals surface area contributed by atoms with Crippen LogP contribution in [0.5, 0.6) is 0 Å². The van der Waals surface area contributed by atoms with Crippen LogP contribution in [-0.4, -0.2) is 64.4 Å². The Hall–Kier alpha value is -5.32. The number of anilines is 2. The summed E-state index contributed by atoms with van der Waals surface area (Å²) in [6, 6.07) is 21.2. The second kappa shape index (κ2) is 13.6. The average molecular weight is 573 g/mol. The number of fused-ring (bicyclic) bond motifs is 1. The Bertz CT molecular complexity index is 1670. The Morgan fingerprint density at radius 3 is 2.74 bits per heavy atom. The minimum absolute atomic E-state index is 0.0401. The maximum Gasteiger partial charge on any atom is 0.270 e. The molecule has 0 radical (unpaired) electrons. The van der Waals surface area contributed by atoms with E-state index in [1.54, 1.807) is 24.3 Å². The van der Waals surface area contributed by atoms with Crippen LogP contribution in [0.2, 0.25) is 0 Å². The Labute approximate surface area is 250 Å². The van der Waals surface area contributed by atoms with E-state index in [-0.39, 0.29) is 29.6 Å². The first-order chi connectivity index (χ1) is 20.9. The van der Waals surface area contributed by atoms with Crippen molar-refractivity contribution in [3.05, 3.63) is 90.4 Å². The van der Waals surface area contributed by atoms with E-state index in [9.17, 15) is 14.9 Å². The lowest BCUT2D eigenvalue weighted by atomic mass is 9.91. The zero-order chi connectivity index (χ0) is 30.2. The zero-order valence-electron chi connectivity index (χ0n) is 24.1. The fourth-order valence-corrected chi connectivity index (χ4v) is 5.08. The molecular formula is C33H32N8O2. The molecule has 1 fully saturated rings. The molecular weight excluding hydrogens is 540 g/mol. The van der Waals surface area contributed by atoms with E-state index in [0.717, 1.165) is 35.6 Å². The second-order valence-corrected chi connectivity index (χ2v) is 10.7. The van der Waals surface area contributed by atoms with Gasteiger partial charge in [0.15, 0.2) is 0 Å². The molecule has 0 aliphatic heterocycles. The number of hydrogen-bond acceptors (Lipinski definition) is 8. The maximum atomic E-state index is 12.9. The largest absolute Gasteiger partial charge is 0.351 e. The lowest BCUT2D eigenvalue weighted by molar-refractivity contribution is -0.111. The van der Waals surface area contributed by atoms with Crippen molar-refractivity contribution in [2.75, 3.05) is 31.3 Å². The SMILES string of the molecule is CN(C)C/C=C/C(=O)Nc1ccc(C(=O)N[C@H]2CCC[C@@H](Nc3ncc(C#N)c(-c4cc#cc5ccccc45)n3)C2)nc1. The number of aromatic nitrogens is 3. The Morgan fingerprint density at radius 2 is 1.95 bits per heavy atom. The molecule has 0 unspecified atom stereocenters. The number of amides is 2. The van der Waals surface area contributed by atoms with E-state index in [1.165, 1.54) is 18.5 Å². The fraction of sp³-hybridized carbons (Fsp3) is 0.273. The lowest BCUT2D eigenvalue weighted by Crippen LogP contribution is -2.42. The number of rotatable bonds is 9. The van der Waals surface area contributed by atoms with Crippen LogP contribution in [0.4, 0.5) is 11.6 Å².